The molecule has 0 saturated carbocycles. The van der Waals surface area contributed by atoms with Gasteiger partial charge in [-0.1, -0.05) is 11.0 Å². The Balaban J connectivity index is 0.00000160. The molecule has 3 heterocycles. The van der Waals surface area contributed by atoms with Crippen molar-refractivity contribution in [2.75, 3.05) is 0 Å². The number of hydrogen-bond donors (Lipinski definition) is 0. The fraction of sp³-hybridized carbons (Fsp3) is 0. The molecule has 0 N–H and O–H groups in total. The molecule has 7 nitrogen and oxygen atoms in total. The Morgan fingerprint density at radius 3 is 1.70 bits per heavy atom. The van der Waals surface area contributed by atoms with E-state index in [0.29, 0.717) is 22.8 Å². The van der Waals surface area contributed by atoms with E-state index < -0.39 is 0 Å². The van der Waals surface area contributed by atoms with Crippen molar-refractivity contribution in [3.63, 3.8) is 0 Å². The fourth-order valence-corrected chi connectivity index (χ4v) is 4.16. The first-order chi connectivity index (χ1) is 17.3. The molecular weight excluding hydrogens is 605 g/mol. The Morgan fingerprint density at radius 1 is 0.676 bits per heavy atom. The van der Waals surface area contributed by atoms with E-state index in [1.165, 1.54) is 24.8 Å². The maximum absolute atomic E-state index is 9.20. The van der Waals surface area contributed by atoms with Gasteiger partial charge in [0, 0.05) is 35.9 Å². The standard InChI is InChI=1S/C28H13N7.2Rb/c29-12-18-14-31-27(32-15-18)20-9-10-26(23(11-20)28-33-16-19(13-30)17-34-28)35-24-7-3-1-5-21(24)22-6-2-4-8-25(22)35;;/h3-11,14-17H;;/q-2;2*+1. The number of nitrogens with zero attached hydrogens (tertiary/aromatic N) is 7. The molecule has 0 saturated heterocycles. The van der Waals surface area contributed by atoms with Crippen LogP contribution in [0.3, 0.4) is 0 Å². The van der Waals surface area contributed by atoms with Gasteiger partial charge in [0.15, 0.2) is 11.6 Å². The van der Waals surface area contributed by atoms with Crippen molar-refractivity contribution in [1.29, 1.82) is 10.5 Å². The molecule has 6 rings (SSSR count). The van der Waals surface area contributed by atoms with E-state index >= 15 is 0 Å². The molecule has 0 aliphatic heterocycles. The zero-order chi connectivity index (χ0) is 23.8. The topological polar surface area (TPSA) is 104 Å². The summed E-state index contributed by atoms with van der Waals surface area (Å²) in [6.45, 7) is 0. The van der Waals surface area contributed by atoms with E-state index in [9.17, 15) is 5.26 Å². The minimum atomic E-state index is 0. The van der Waals surface area contributed by atoms with Crippen LogP contribution in [0.1, 0.15) is 11.1 Å². The molecule has 0 spiro atoms. The third kappa shape index (κ3) is 5.38. The molecule has 3 aromatic carbocycles. The predicted molar refractivity (Wildman–Crippen MR) is 130 cm³/mol. The van der Waals surface area contributed by atoms with Gasteiger partial charge < -0.3 is 4.57 Å². The zero-order valence-electron chi connectivity index (χ0n) is 20.1. The number of fused-ring (bicyclic) bond motifs is 3. The zero-order valence-corrected chi connectivity index (χ0v) is 30.0. The average Bonchev–Trinajstić information content (AvgIpc) is 3.27. The number of benzene rings is 3. The van der Waals surface area contributed by atoms with E-state index in [2.05, 4.69) is 42.7 Å². The maximum atomic E-state index is 9.20. The van der Waals surface area contributed by atoms with Gasteiger partial charge in [0.2, 0.25) is 0 Å². The van der Waals surface area contributed by atoms with Crippen LogP contribution in [0.15, 0.2) is 79.4 Å². The molecule has 162 valence electrons. The van der Waals surface area contributed by atoms with Crippen molar-refractivity contribution < 1.29 is 116 Å². The Hall–Kier alpha value is -1.79. The smallest absolute Gasteiger partial charge is 0.358 e. The van der Waals surface area contributed by atoms with E-state index in [-0.39, 0.29) is 116 Å². The predicted octanol–water partition coefficient (Wildman–Crippen LogP) is -0.951. The first-order valence-electron chi connectivity index (χ1n) is 10.7. The summed E-state index contributed by atoms with van der Waals surface area (Å²) in [4.78, 5) is 17.6. The summed E-state index contributed by atoms with van der Waals surface area (Å²) in [5, 5.41) is 20.4. The second kappa shape index (κ2) is 12.4. The number of nitriles is 2. The molecular formula is C28H13N7Rb2. The summed E-state index contributed by atoms with van der Waals surface area (Å²) in [6.07, 6.45) is 6.00. The van der Waals surface area contributed by atoms with Gasteiger partial charge >= 0.3 is 116 Å². The molecule has 0 amide bonds. The Bertz CT molecular complexity index is 1760. The Kier molecular flexibility index (Phi) is 9.44. The van der Waals surface area contributed by atoms with Crippen LogP contribution in [-0.2, 0) is 0 Å². The van der Waals surface area contributed by atoms with Gasteiger partial charge in [-0.25, -0.2) is 19.9 Å². The third-order valence-corrected chi connectivity index (χ3v) is 5.75. The minimum Gasteiger partial charge on any atom is -0.358 e. The second-order valence-electron chi connectivity index (χ2n) is 7.77. The molecule has 0 radical (unpaired) electrons. The molecule has 0 bridgehead atoms. The van der Waals surface area contributed by atoms with Crippen LogP contribution >= 0.6 is 0 Å². The SMILES string of the molecule is N#Cc1cnc(-c2ccc(-n3c4cc[c-]cc4c4c[c-]ccc43)c(-c3ncc(C#N)cn3)c2)nc1.[Rb+].[Rb+]. The van der Waals surface area contributed by atoms with Crippen molar-refractivity contribution in [2.45, 2.75) is 0 Å². The summed E-state index contributed by atoms with van der Waals surface area (Å²) < 4.78 is 2.16. The second-order valence-corrected chi connectivity index (χ2v) is 7.77. The molecule has 0 atom stereocenters. The summed E-state index contributed by atoms with van der Waals surface area (Å²) in [5.74, 6) is 0.950. The molecule has 6 aromatic rings. The molecule has 0 aliphatic rings. The van der Waals surface area contributed by atoms with Gasteiger partial charge in [-0.15, -0.1) is 12.1 Å². The van der Waals surface area contributed by atoms with Gasteiger partial charge in [-0.3, -0.25) is 0 Å². The number of rotatable bonds is 3. The van der Waals surface area contributed by atoms with Crippen LogP contribution in [0.5, 0.6) is 0 Å². The molecule has 0 fully saturated rings. The van der Waals surface area contributed by atoms with Gasteiger partial charge in [0.05, 0.1) is 16.8 Å². The summed E-state index contributed by atoms with van der Waals surface area (Å²) in [7, 11) is 0. The van der Waals surface area contributed by atoms with Crippen LogP contribution in [0.25, 0.3) is 50.3 Å². The molecule has 3 aromatic heterocycles. The van der Waals surface area contributed by atoms with E-state index in [1.807, 2.05) is 60.7 Å². The normalized spacial score (nSPS) is 10.2. The van der Waals surface area contributed by atoms with Crippen LogP contribution in [0, 0.1) is 34.8 Å². The van der Waals surface area contributed by atoms with Gasteiger partial charge in [0.25, 0.3) is 0 Å². The first-order valence-corrected chi connectivity index (χ1v) is 10.7. The van der Waals surface area contributed by atoms with Gasteiger partial charge in [-0.05, 0) is 18.2 Å². The Labute approximate surface area is 310 Å². The Morgan fingerprint density at radius 2 is 1.19 bits per heavy atom. The summed E-state index contributed by atoms with van der Waals surface area (Å²) in [5.41, 5.74) is 5.16. The van der Waals surface area contributed by atoms with Gasteiger partial charge in [0.1, 0.15) is 12.1 Å². The van der Waals surface area contributed by atoms with Crippen molar-refractivity contribution in [2.24, 2.45) is 0 Å². The number of aromatic nitrogens is 5. The van der Waals surface area contributed by atoms with Crippen molar-refractivity contribution in [1.82, 2.24) is 24.5 Å². The van der Waals surface area contributed by atoms with Crippen LogP contribution in [0.2, 0.25) is 0 Å². The maximum Gasteiger partial charge on any atom is 1.00 e. The quantitative estimate of drug-likeness (QED) is 0.237. The molecule has 37 heavy (non-hydrogen) atoms. The molecule has 0 unspecified atom stereocenters. The molecule has 9 heteroatoms. The van der Waals surface area contributed by atoms with Crippen LogP contribution < -0.4 is 116 Å². The van der Waals surface area contributed by atoms with Crippen LogP contribution in [-0.4, -0.2) is 24.5 Å². The largest absolute Gasteiger partial charge is 1.00 e. The number of hydrogen-bond acceptors (Lipinski definition) is 6. The summed E-state index contributed by atoms with van der Waals surface area (Å²) >= 11 is 0. The van der Waals surface area contributed by atoms with Crippen molar-refractivity contribution in [3.8, 4) is 40.6 Å². The van der Waals surface area contributed by atoms with E-state index in [4.69, 9.17) is 5.26 Å². The first kappa shape index (κ1) is 28.2. The monoisotopic (exact) mass is 617 g/mol. The molecule has 0 aliphatic carbocycles. The minimum absolute atomic E-state index is 0. The average molecular weight is 618 g/mol. The van der Waals surface area contributed by atoms with Crippen molar-refractivity contribution in [3.05, 3.63) is 103 Å². The summed E-state index contributed by atoms with van der Waals surface area (Å²) in [6, 6.07) is 28.1. The van der Waals surface area contributed by atoms with E-state index in [0.717, 1.165) is 38.6 Å². The third-order valence-electron chi connectivity index (χ3n) is 5.75. The van der Waals surface area contributed by atoms with Gasteiger partial charge in [-0.2, -0.15) is 57.7 Å². The van der Waals surface area contributed by atoms with Crippen molar-refractivity contribution >= 4 is 21.8 Å². The van der Waals surface area contributed by atoms with E-state index in [1.54, 1.807) is 0 Å². The fourth-order valence-electron chi connectivity index (χ4n) is 4.16. The van der Waals surface area contributed by atoms with Crippen LogP contribution in [0.4, 0.5) is 0 Å².